The molecule has 0 fully saturated rings. The van der Waals surface area contributed by atoms with Crippen molar-refractivity contribution in [3.8, 4) is 0 Å². The summed E-state index contributed by atoms with van der Waals surface area (Å²) in [6, 6.07) is 0. The van der Waals surface area contributed by atoms with Crippen LogP contribution in [-0.4, -0.2) is 27.8 Å². The summed E-state index contributed by atoms with van der Waals surface area (Å²) in [5, 5.41) is 4.46. The number of halogens is 2. The van der Waals surface area contributed by atoms with Gasteiger partial charge in [-0.05, 0) is 13.8 Å². The van der Waals surface area contributed by atoms with Crippen LogP contribution in [0.2, 0.25) is 0 Å². The Morgan fingerprint density at radius 1 is 1.56 bits per heavy atom. The number of carbonyl (C=O) groups is 2. The normalized spacial score (nSPS) is 11.1. The van der Waals surface area contributed by atoms with Crippen LogP contribution in [0.3, 0.4) is 0 Å². The first-order valence-corrected chi connectivity index (χ1v) is 6.75. The second-order valence-electron chi connectivity index (χ2n) is 3.47. The standard InChI is InChI=1S/C10H12Cl2N2O3S/c1-3-17-7(15)4-6-5-18-9(13-6)14-8(16)10(2,11)12/h5H,3-4H2,1-2H3,(H,13,14,16). The highest BCUT2D eigenvalue weighted by Crippen LogP contribution is 2.23. The van der Waals surface area contributed by atoms with Crippen LogP contribution in [0.1, 0.15) is 19.5 Å². The molecule has 1 N–H and O–H groups in total. The quantitative estimate of drug-likeness (QED) is 0.669. The maximum Gasteiger partial charge on any atom is 0.311 e. The molecule has 18 heavy (non-hydrogen) atoms. The Morgan fingerprint density at radius 3 is 2.78 bits per heavy atom. The number of hydrogen-bond donors (Lipinski definition) is 1. The minimum absolute atomic E-state index is 0.0687. The van der Waals surface area contributed by atoms with Crippen molar-refractivity contribution in [1.29, 1.82) is 0 Å². The topological polar surface area (TPSA) is 68.3 Å². The van der Waals surface area contributed by atoms with Crippen molar-refractivity contribution in [2.45, 2.75) is 24.6 Å². The van der Waals surface area contributed by atoms with Crippen LogP contribution in [0.25, 0.3) is 0 Å². The summed E-state index contributed by atoms with van der Waals surface area (Å²) in [6.07, 6.45) is 0.0687. The molecule has 1 aromatic rings. The molecule has 0 atom stereocenters. The van der Waals surface area contributed by atoms with Crippen molar-refractivity contribution in [2.75, 3.05) is 11.9 Å². The van der Waals surface area contributed by atoms with E-state index in [0.29, 0.717) is 17.4 Å². The highest BCUT2D eigenvalue weighted by atomic mass is 35.5. The summed E-state index contributed by atoms with van der Waals surface area (Å²) in [6.45, 7) is 3.41. The number of nitrogens with zero attached hydrogens (tertiary/aromatic N) is 1. The number of hydrogen-bond acceptors (Lipinski definition) is 5. The third-order valence-electron chi connectivity index (χ3n) is 1.80. The molecular formula is C10H12Cl2N2O3S. The van der Waals surface area contributed by atoms with E-state index >= 15 is 0 Å². The van der Waals surface area contributed by atoms with Crippen LogP contribution in [0.4, 0.5) is 5.13 Å². The minimum Gasteiger partial charge on any atom is -0.466 e. The van der Waals surface area contributed by atoms with Crippen molar-refractivity contribution in [2.24, 2.45) is 0 Å². The first-order chi connectivity index (χ1) is 8.32. The fraction of sp³-hybridized carbons (Fsp3) is 0.500. The molecule has 0 unspecified atom stereocenters. The lowest BCUT2D eigenvalue weighted by Gasteiger charge is -2.10. The fourth-order valence-electron chi connectivity index (χ4n) is 1.01. The Hall–Kier alpha value is -0.850. The van der Waals surface area contributed by atoms with Gasteiger partial charge in [0.05, 0.1) is 18.7 Å². The van der Waals surface area contributed by atoms with Gasteiger partial charge in [0.1, 0.15) is 0 Å². The van der Waals surface area contributed by atoms with Gasteiger partial charge in [0.2, 0.25) is 0 Å². The summed E-state index contributed by atoms with van der Waals surface area (Å²) in [4.78, 5) is 26.7. The molecule has 0 radical (unpaired) electrons. The SMILES string of the molecule is CCOC(=O)Cc1csc(NC(=O)C(C)(Cl)Cl)n1. The lowest BCUT2D eigenvalue weighted by molar-refractivity contribution is -0.142. The monoisotopic (exact) mass is 310 g/mol. The van der Waals surface area contributed by atoms with Crippen molar-refractivity contribution >= 4 is 51.5 Å². The molecule has 0 aliphatic carbocycles. The molecule has 5 nitrogen and oxygen atoms in total. The second-order valence-corrected chi connectivity index (χ2v) is 6.03. The number of ether oxygens (including phenoxy) is 1. The van der Waals surface area contributed by atoms with Gasteiger partial charge < -0.3 is 4.74 Å². The first kappa shape index (κ1) is 15.2. The van der Waals surface area contributed by atoms with E-state index in [-0.39, 0.29) is 12.4 Å². The van der Waals surface area contributed by atoms with Gasteiger partial charge in [0.25, 0.3) is 5.91 Å². The van der Waals surface area contributed by atoms with E-state index in [2.05, 4.69) is 10.3 Å². The zero-order valence-corrected chi connectivity index (χ0v) is 12.2. The molecular weight excluding hydrogens is 299 g/mol. The Morgan fingerprint density at radius 2 is 2.22 bits per heavy atom. The van der Waals surface area contributed by atoms with Crippen LogP contribution in [0.15, 0.2) is 5.38 Å². The van der Waals surface area contributed by atoms with Gasteiger partial charge in [-0.15, -0.1) is 11.3 Å². The van der Waals surface area contributed by atoms with Gasteiger partial charge in [-0.2, -0.15) is 0 Å². The molecule has 0 aromatic carbocycles. The molecule has 0 aliphatic rings. The fourth-order valence-corrected chi connectivity index (χ4v) is 1.81. The Labute approximate surface area is 118 Å². The number of esters is 1. The van der Waals surface area contributed by atoms with Gasteiger partial charge in [-0.25, -0.2) is 4.98 Å². The molecule has 1 rings (SSSR count). The van der Waals surface area contributed by atoms with Crippen LogP contribution < -0.4 is 5.32 Å². The zero-order valence-electron chi connectivity index (χ0n) is 9.83. The van der Waals surface area contributed by atoms with Crippen molar-refractivity contribution in [3.05, 3.63) is 11.1 Å². The van der Waals surface area contributed by atoms with Crippen LogP contribution >= 0.6 is 34.5 Å². The Kier molecular flexibility index (Phi) is 5.37. The predicted molar refractivity (Wildman–Crippen MR) is 71.2 cm³/mol. The number of nitrogens with one attached hydrogen (secondary N) is 1. The summed E-state index contributed by atoms with van der Waals surface area (Å²) in [5.74, 6) is -0.928. The molecule has 1 heterocycles. The van der Waals surface area contributed by atoms with Crippen LogP contribution in [-0.2, 0) is 20.7 Å². The summed E-state index contributed by atoms with van der Waals surface area (Å²) in [5.41, 5.74) is 0.527. The van der Waals surface area contributed by atoms with Gasteiger partial charge in [0.15, 0.2) is 9.46 Å². The smallest absolute Gasteiger partial charge is 0.311 e. The maximum absolute atomic E-state index is 11.5. The number of aromatic nitrogens is 1. The van der Waals surface area contributed by atoms with E-state index in [4.69, 9.17) is 27.9 Å². The Bertz CT molecular complexity index is 443. The van der Waals surface area contributed by atoms with E-state index in [0.717, 1.165) is 0 Å². The Balaban J connectivity index is 2.59. The summed E-state index contributed by atoms with van der Waals surface area (Å²) in [7, 11) is 0. The summed E-state index contributed by atoms with van der Waals surface area (Å²) < 4.78 is 3.27. The van der Waals surface area contributed by atoms with Gasteiger partial charge in [0, 0.05) is 5.38 Å². The average Bonchev–Trinajstić information content (AvgIpc) is 2.64. The highest BCUT2D eigenvalue weighted by molar-refractivity contribution is 7.14. The number of alkyl halides is 2. The minimum atomic E-state index is -1.52. The average molecular weight is 311 g/mol. The first-order valence-electron chi connectivity index (χ1n) is 5.12. The van der Waals surface area contributed by atoms with E-state index < -0.39 is 10.2 Å². The molecule has 1 aromatic heterocycles. The molecule has 0 saturated carbocycles. The number of thiazole rings is 1. The van der Waals surface area contributed by atoms with Crippen LogP contribution in [0, 0.1) is 0 Å². The lowest BCUT2D eigenvalue weighted by Crippen LogP contribution is -2.29. The van der Waals surface area contributed by atoms with E-state index in [1.165, 1.54) is 18.3 Å². The molecule has 1 amide bonds. The van der Waals surface area contributed by atoms with Crippen molar-refractivity contribution < 1.29 is 14.3 Å². The molecule has 0 saturated heterocycles. The molecule has 0 spiro atoms. The number of anilines is 1. The van der Waals surface area contributed by atoms with E-state index in [1.54, 1.807) is 12.3 Å². The zero-order chi connectivity index (χ0) is 13.8. The highest BCUT2D eigenvalue weighted by Gasteiger charge is 2.28. The number of rotatable bonds is 5. The van der Waals surface area contributed by atoms with Crippen molar-refractivity contribution in [1.82, 2.24) is 4.98 Å². The molecule has 0 aliphatic heterocycles. The van der Waals surface area contributed by atoms with E-state index in [9.17, 15) is 9.59 Å². The molecule has 8 heteroatoms. The van der Waals surface area contributed by atoms with Crippen molar-refractivity contribution in [3.63, 3.8) is 0 Å². The van der Waals surface area contributed by atoms with E-state index in [1.807, 2.05) is 0 Å². The number of amides is 1. The van der Waals surface area contributed by atoms with Crippen LogP contribution in [0.5, 0.6) is 0 Å². The van der Waals surface area contributed by atoms with Gasteiger partial charge in [-0.1, -0.05) is 23.2 Å². The second kappa shape index (κ2) is 6.36. The maximum atomic E-state index is 11.5. The number of carbonyl (C=O) groups excluding carboxylic acids is 2. The third kappa shape index (κ3) is 4.80. The van der Waals surface area contributed by atoms with Gasteiger partial charge in [-0.3, -0.25) is 14.9 Å². The third-order valence-corrected chi connectivity index (χ3v) is 2.95. The lowest BCUT2D eigenvalue weighted by atomic mass is 10.3. The predicted octanol–water partition coefficient (Wildman–Crippen LogP) is 2.38. The molecule has 0 bridgehead atoms. The largest absolute Gasteiger partial charge is 0.466 e. The van der Waals surface area contributed by atoms with Gasteiger partial charge >= 0.3 is 5.97 Å². The molecule has 100 valence electrons. The summed E-state index contributed by atoms with van der Waals surface area (Å²) >= 11 is 12.4.